The number of hydrogen-bond acceptors (Lipinski definition) is 7. The standard InChI is InChI=1S/C10H13N5O2/c1-3-6(11)10-12-9(15-17-10)7-4-5-8(16-2)14-13-7/h4-6H,3,11H2,1-2H3/t6-/m0/s1. The summed E-state index contributed by atoms with van der Waals surface area (Å²) in [5.41, 5.74) is 6.30. The fourth-order valence-corrected chi connectivity index (χ4v) is 1.21. The predicted molar refractivity (Wildman–Crippen MR) is 59.1 cm³/mol. The Kier molecular flexibility index (Phi) is 3.29. The molecule has 0 saturated heterocycles. The number of methoxy groups -OCH3 is 1. The van der Waals surface area contributed by atoms with Crippen molar-refractivity contribution < 1.29 is 9.26 Å². The van der Waals surface area contributed by atoms with Crippen LogP contribution < -0.4 is 10.5 Å². The first kappa shape index (κ1) is 11.5. The lowest BCUT2D eigenvalue weighted by atomic mass is 10.2. The second kappa shape index (κ2) is 4.88. The normalized spacial score (nSPS) is 12.4. The monoisotopic (exact) mass is 235 g/mol. The molecule has 0 bridgehead atoms. The maximum Gasteiger partial charge on any atom is 0.243 e. The summed E-state index contributed by atoms with van der Waals surface area (Å²) in [6.07, 6.45) is 0.732. The summed E-state index contributed by atoms with van der Waals surface area (Å²) in [5.74, 6) is 1.21. The highest BCUT2D eigenvalue weighted by Gasteiger charge is 2.15. The van der Waals surface area contributed by atoms with Gasteiger partial charge in [-0.3, -0.25) is 0 Å². The van der Waals surface area contributed by atoms with Gasteiger partial charge in [-0.05, 0) is 12.5 Å². The summed E-state index contributed by atoms with van der Waals surface area (Å²) in [5, 5.41) is 11.5. The van der Waals surface area contributed by atoms with Crippen LogP contribution in [0, 0.1) is 0 Å². The van der Waals surface area contributed by atoms with E-state index in [4.69, 9.17) is 15.0 Å². The van der Waals surface area contributed by atoms with Gasteiger partial charge >= 0.3 is 0 Å². The molecule has 0 spiro atoms. The molecule has 0 saturated carbocycles. The van der Waals surface area contributed by atoms with Crippen molar-refractivity contribution in [2.24, 2.45) is 5.73 Å². The van der Waals surface area contributed by atoms with E-state index < -0.39 is 0 Å². The van der Waals surface area contributed by atoms with E-state index in [-0.39, 0.29) is 6.04 Å². The number of nitrogens with two attached hydrogens (primary N) is 1. The molecule has 2 rings (SSSR count). The van der Waals surface area contributed by atoms with Gasteiger partial charge in [-0.15, -0.1) is 10.2 Å². The van der Waals surface area contributed by atoms with Crippen molar-refractivity contribution in [1.82, 2.24) is 20.3 Å². The Labute approximate surface area is 98.0 Å². The largest absolute Gasteiger partial charge is 0.480 e. The van der Waals surface area contributed by atoms with Crippen LogP contribution in [0.25, 0.3) is 11.5 Å². The molecule has 0 fully saturated rings. The van der Waals surface area contributed by atoms with Crippen LogP contribution in [0.3, 0.4) is 0 Å². The highest BCUT2D eigenvalue weighted by atomic mass is 16.5. The van der Waals surface area contributed by atoms with E-state index in [0.717, 1.165) is 6.42 Å². The molecule has 0 radical (unpaired) electrons. The number of ether oxygens (including phenoxy) is 1. The van der Waals surface area contributed by atoms with Crippen LogP contribution in [-0.4, -0.2) is 27.4 Å². The van der Waals surface area contributed by atoms with Crippen molar-refractivity contribution >= 4 is 0 Å². The van der Waals surface area contributed by atoms with E-state index in [2.05, 4.69) is 20.3 Å². The summed E-state index contributed by atoms with van der Waals surface area (Å²) in [4.78, 5) is 4.16. The van der Waals surface area contributed by atoms with Gasteiger partial charge in [-0.25, -0.2) is 0 Å². The molecule has 0 aliphatic carbocycles. The number of nitrogens with zero attached hydrogens (tertiary/aromatic N) is 4. The van der Waals surface area contributed by atoms with Crippen LogP contribution in [0.4, 0.5) is 0 Å². The van der Waals surface area contributed by atoms with Crippen LogP contribution in [0.15, 0.2) is 16.7 Å². The minimum Gasteiger partial charge on any atom is -0.480 e. The van der Waals surface area contributed by atoms with Crippen molar-refractivity contribution in [3.05, 3.63) is 18.0 Å². The summed E-state index contributed by atoms with van der Waals surface area (Å²) in [6.45, 7) is 1.95. The Morgan fingerprint density at radius 1 is 1.41 bits per heavy atom. The average Bonchev–Trinajstić information content (AvgIpc) is 2.87. The first-order valence-electron chi connectivity index (χ1n) is 5.22. The molecule has 0 aromatic carbocycles. The molecular weight excluding hydrogens is 222 g/mol. The van der Waals surface area contributed by atoms with E-state index in [1.807, 2.05) is 6.92 Å². The molecule has 7 nitrogen and oxygen atoms in total. The van der Waals surface area contributed by atoms with E-state index in [0.29, 0.717) is 23.3 Å². The predicted octanol–water partition coefficient (Wildman–Crippen LogP) is 0.945. The molecular formula is C10H13N5O2. The van der Waals surface area contributed by atoms with Crippen molar-refractivity contribution in [3.8, 4) is 17.4 Å². The average molecular weight is 235 g/mol. The Balaban J connectivity index is 2.24. The summed E-state index contributed by atoms with van der Waals surface area (Å²) >= 11 is 0. The van der Waals surface area contributed by atoms with Gasteiger partial charge in [0.2, 0.25) is 17.6 Å². The molecule has 2 heterocycles. The van der Waals surface area contributed by atoms with Gasteiger partial charge in [0.15, 0.2) is 0 Å². The molecule has 1 atom stereocenters. The van der Waals surface area contributed by atoms with Crippen LogP contribution in [0.2, 0.25) is 0 Å². The lowest BCUT2D eigenvalue weighted by molar-refractivity contribution is 0.352. The van der Waals surface area contributed by atoms with Gasteiger partial charge in [0.25, 0.3) is 0 Å². The molecule has 90 valence electrons. The third-order valence-corrected chi connectivity index (χ3v) is 2.28. The zero-order valence-corrected chi connectivity index (χ0v) is 9.62. The molecule has 0 amide bonds. The highest BCUT2D eigenvalue weighted by Crippen LogP contribution is 2.17. The second-order valence-electron chi connectivity index (χ2n) is 3.43. The van der Waals surface area contributed by atoms with Gasteiger partial charge in [0.05, 0.1) is 13.2 Å². The first-order valence-corrected chi connectivity index (χ1v) is 5.22. The third-order valence-electron chi connectivity index (χ3n) is 2.28. The van der Waals surface area contributed by atoms with E-state index >= 15 is 0 Å². The van der Waals surface area contributed by atoms with Gasteiger partial charge in [0, 0.05) is 6.07 Å². The van der Waals surface area contributed by atoms with Gasteiger partial charge < -0.3 is 15.0 Å². The fraction of sp³-hybridized carbons (Fsp3) is 0.400. The van der Waals surface area contributed by atoms with Gasteiger partial charge in [0.1, 0.15) is 5.69 Å². The van der Waals surface area contributed by atoms with Crippen LogP contribution in [0.1, 0.15) is 25.3 Å². The Hall–Kier alpha value is -2.02. The summed E-state index contributed by atoms with van der Waals surface area (Å²) < 4.78 is 9.95. The molecule has 2 N–H and O–H groups in total. The SMILES string of the molecule is CC[C@H](N)c1nc(-c2ccc(OC)nn2)no1. The maximum absolute atomic E-state index is 5.78. The third kappa shape index (κ3) is 2.39. The topological polar surface area (TPSA) is 100.0 Å². The molecule has 17 heavy (non-hydrogen) atoms. The van der Waals surface area contributed by atoms with Crippen molar-refractivity contribution in [1.29, 1.82) is 0 Å². The smallest absolute Gasteiger partial charge is 0.243 e. The second-order valence-corrected chi connectivity index (χ2v) is 3.43. The lowest BCUT2D eigenvalue weighted by Gasteiger charge is -1.99. The summed E-state index contributed by atoms with van der Waals surface area (Å²) in [7, 11) is 1.52. The Bertz CT molecular complexity index is 482. The fourth-order valence-electron chi connectivity index (χ4n) is 1.21. The van der Waals surface area contributed by atoms with E-state index in [1.165, 1.54) is 7.11 Å². The van der Waals surface area contributed by atoms with Crippen molar-refractivity contribution in [2.75, 3.05) is 7.11 Å². The zero-order chi connectivity index (χ0) is 12.3. The summed E-state index contributed by atoms with van der Waals surface area (Å²) in [6, 6.07) is 3.14. The zero-order valence-electron chi connectivity index (χ0n) is 9.62. The Morgan fingerprint density at radius 2 is 2.24 bits per heavy atom. The minimum absolute atomic E-state index is 0.248. The Morgan fingerprint density at radius 3 is 2.82 bits per heavy atom. The van der Waals surface area contributed by atoms with Gasteiger partial charge in [-0.2, -0.15) is 4.98 Å². The molecule has 0 aliphatic rings. The van der Waals surface area contributed by atoms with Crippen molar-refractivity contribution in [3.63, 3.8) is 0 Å². The first-order chi connectivity index (χ1) is 8.24. The lowest BCUT2D eigenvalue weighted by Crippen LogP contribution is -2.08. The molecule has 0 unspecified atom stereocenters. The number of aromatic nitrogens is 4. The number of rotatable bonds is 4. The quantitative estimate of drug-likeness (QED) is 0.841. The van der Waals surface area contributed by atoms with Crippen molar-refractivity contribution in [2.45, 2.75) is 19.4 Å². The molecule has 0 aliphatic heterocycles. The number of hydrogen-bond donors (Lipinski definition) is 1. The molecule has 7 heteroatoms. The minimum atomic E-state index is -0.248. The maximum atomic E-state index is 5.78. The molecule has 2 aromatic rings. The van der Waals surface area contributed by atoms with Crippen LogP contribution >= 0.6 is 0 Å². The van der Waals surface area contributed by atoms with E-state index in [1.54, 1.807) is 12.1 Å². The van der Waals surface area contributed by atoms with Crippen LogP contribution in [-0.2, 0) is 0 Å². The van der Waals surface area contributed by atoms with Crippen LogP contribution in [0.5, 0.6) is 5.88 Å². The molecule has 2 aromatic heterocycles. The van der Waals surface area contributed by atoms with E-state index in [9.17, 15) is 0 Å². The highest BCUT2D eigenvalue weighted by molar-refractivity contribution is 5.47. The van der Waals surface area contributed by atoms with Gasteiger partial charge in [-0.1, -0.05) is 12.1 Å².